The Morgan fingerprint density at radius 3 is 1.55 bits per heavy atom. The summed E-state index contributed by atoms with van der Waals surface area (Å²) >= 11 is 12.5. The SMILES string of the molecule is CO/N=C/c1c(N)ncnc1Oc1ccc(NC(=O)Nc2ccccc2C)c(Cl)c1.CO/N=C/c1c(N)ncnc1Oc1ccc(NC(=O)Oc2ccc([N+](=O)[O-])cc2)c(Cl)c1.Cc1ccccc1N.Cl. The highest BCUT2D eigenvalue weighted by Gasteiger charge is 2.16. The van der Waals surface area contributed by atoms with Crippen LogP contribution in [0.3, 0.4) is 0 Å². The topological polar surface area (TPSA) is 314 Å². The zero-order chi connectivity index (χ0) is 50.6. The standard InChI is InChI=1S/C20H19ClN6O3.C19H15ClN6O6.C7H9N.ClH/c1-12-5-3-4-6-16(12)26-20(28)27-17-8-7-13(9-15(17)21)30-19-14(10-25-29-2)18(22)23-11-24-19;1-30-24-9-14-17(21)22-10-23-18(14)31-13-6-7-16(15(20)8-13)25-19(27)32-12-4-2-11(3-5-12)26(28)29;1-6-4-2-3-5-7(6)8;/h3-11H,1-2H3,(H2,22,23,24)(H2,26,27,28);2-10H,1H3,(H,25,27)(H2,21,22,23);2-5H,8H2,1H3;1H/b25-10+;24-9+;;. The van der Waals surface area contributed by atoms with Crippen molar-refractivity contribution in [2.45, 2.75) is 13.8 Å². The fraction of sp³-hybridized carbons (Fsp3) is 0.0870. The van der Waals surface area contributed by atoms with E-state index in [-0.39, 0.29) is 63.0 Å². The van der Waals surface area contributed by atoms with Crippen LogP contribution >= 0.6 is 35.6 Å². The Hall–Kier alpha value is -8.99. The van der Waals surface area contributed by atoms with Crippen LogP contribution < -0.4 is 47.4 Å². The number of non-ortho nitro benzene ring substituents is 1. The molecule has 2 heterocycles. The lowest BCUT2D eigenvalue weighted by Gasteiger charge is -2.12. The van der Waals surface area contributed by atoms with E-state index >= 15 is 0 Å². The molecule has 25 heteroatoms. The van der Waals surface area contributed by atoms with Crippen molar-refractivity contribution in [2.75, 3.05) is 47.4 Å². The van der Waals surface area contributed by atoms with E-state index in [0.717, 1.165) is 16.8 Å². The molecule has 0 saturated carbocycles. The van der Waals surface area contributed by atoms with Crippen molar-refractivity contribution in [3.05, 3.63) is 164 Å². The van der Waals surface area contributed by atoms with Crippen molar-refractivity contribution in [3.8, 4) is 29.0 Å². The normalized spacial score (nSPS) is 10.3. The number of urea groups is 1. The monoisotopic (exact) mass is 1030 g/mol. The number of rotatable bonds is 13. The van der Waals surface area contributed by atoms with E-state index in [1.165, 1.54) is 81.8 Å². The molecule has 368 valence electrons. The third-order valence-electron chi connectivity index (χ3n) is 8.97. The van der Waals surface area contributed by atoms with Crippen LogP contribution in [0.1, 0.15) is 22.3 Å². The van der Waals surface area contributed by atoms with E-state index in [2.05, 4.69) is 55.9 Å². The number of carbonyl (C=O) groups is 2. The van der Waals surface area contributed by atoms with Crippen LogP contribution in [0, 0.1) is 24.0 Å². The van der Waals surface area contributed by atoms with Gasteiger partial charge in [0.25, 0.3) is 5.69 Å². The van der Waals surface area contributed by atoms with Crippen molar-refractivity contribution in [1.82, 2.24) is 19.9 Å². The van der Waals surface area contributed by atoms with Crippen LogP contribution in [-0.2, 0) is 9.68 Å². The molecular formula is C46H44Cl3N13O9. The van der Waals surface area contributed by atoms with Gasteiger partial charge in [-0.25, -0.2) is 29.5 Å². The summed E-state index contributed by atoms with van der Waals surface area (Å²) in [5.41, 5.74) is 22.0. The van der Waals surface area contributed by atoms with Gasteiger partial charge in [-0.05, 0) is 73.5 Å². The number of aryl methyl sites for hydroxylation is 2. The summed E-state index contributed by atoms with van der Waals surface area (Å²) in [5, 5.41) is 26.3. The fourth-order valence-electron chi connectivity index (χ4n) is 5.40. The highest BCUT2D eigenvalue weighted by Crippen LogP contribution is 2.33. The number of nitrogens with two attached hydrogens (primary N) is 3. The molecule has 0 radical (unpaired) electrons. The van der Waals surface area contributed by atoms with Gasteiger partial charge < -0.3 is 51.7 Å². The Morgan fingerprint density at radius 2 is 1.10 bits per heavy atom. The minimum absolute atomic E-state index is 0. The third-order valence-corrected chi connectivity index (χ3v) is 9.59. The number of aromatic nitrogens is 4. The predicted molar refractivity (Wildman–Crippen MR) is 275 cm³/mol. The fourth-order valence-corrected chi connectivity index (χ4v) is 5.83. The average molecular weight is 1030 g/mol. The lowest BCUT2D eigenvalue weighted by Crippen LogP contribution is -2.20. The van der Waals surface area contributed by atoms with Crippen molar-refractivity contribution in [3.63, 3.8) is 0 Å². The van der Waals surface area contributed by atoms with Gasteiger partial charge in [-0.1, -0.05) is 69.9 Å². The number of nitrogens with one attached hydrogen (secondary N) is 3. The molecule has 0 bridgehead atoms. The van der Waals surface area contributed by atoms with E-state index in [4.69, 9.17) is 54.6 Å². The number of nitro benzene ring substituents is 1. The van der Waals surface area contributed by atoms with Crippen LogP contribution in [0.15, 0.2) is 132 Å². The minimum Gasteiger partial charge on any atom is -0.438 e. The molecule has 0 aliphatic heterocycles. The lowest BCUT2D eigenvalue weighted by atomic mass is 10.2. The van der Waals surface area contributed by atoms with Crippen LogP contribution in [0.2, 0.25) is 10.0 Å². The molecule has 2 aromatic heterocycles. The Balaban J connectivity index is 0.000000263. The molecule has 5 aromatic carbocycles. The van der Waals surface area contributed by atoms with Gasteiger partial charge in [0, 0.05) is 35.6 Å². The second-order valence-corrected chi connectivity index (χ2v) is 14.6. The number of anilines is 6. The molecule has 0 saturated heterocycles. The first-order chi connectivity index (χ1) is 33.6. The van der Waals surface area contributed by atoms with Gasteiger partial charge in [0.2, 0.25) is 11.8 Å². The van der Waals surface area contributed by atoms with Gasteiger partial charge in [-0.15, -0.1) is 12.4 Å². The number of oxime groups is 2. The Kier molecular flexibility index (Phi) is 20.9. The molecule has 0 atom stereocenters. The maximum Gasteiger partial charge on any atom is 0.417 e. The molecule has 22 nitrogen and oxygen atoms in total. The van der Waals surface area contributed by atoms with E-state index in [0.29, 0.717) is 34.0 Å². The van der Waals surface area contributed by atoms with Crippen molar-refractivity contribution in [1.29, 1.82) is 0 Å². The number of nitrogen functional groups attached to an aromatic ring is 3. The van der Waals surface area contributed by atoms with Gasteiger partial charge in [-0.3, -0.25) is 15.4 Å². The lowest BCUT2D eigenvalue weighted by molar-refractivity contribution is -0.384. The zero-order valence-corrected chi connectivity index (χ0v) is 40.2. The van der Waals surface area contributed by atoms with Gasteiger partial charge in [0.15, 0.2) is 0 Å². The molecule has 7 aromatic rings. The summed E-state index contributed by atoms with van der Waals surface area (Å²) < 4.78 is 16.5. The number of amides is 3. The highest BCUT2D eigenvalue weighted by molar-refractivity contribution is 6.34. The number of hydrogen-bond donors (Lipinski definition) is 6. The van der Waals surface area contributed by atoms with Gasteiger partial charge >= 0.3 is 12.1 Å². The molecule has 0 spiro atoms. The Labute approximate surface area is 421 Å². The van der Waals surface area contributed by atoms with Gasteiger partial charge in [-0.2, -0.15) is 0 Å². The van der Waals surface area contributed by atoms with Gasteiger partial charge in [0.05, 0.1) is 38.8 Å². The first-order valence-electron chi connectivity index (χ1n) is 20.1. The zero-order valence-electron chi connectivity index (χ0n) is 37.9. The number of halogens is 3. The average Bonchev–Trinajstić information content (AvgIpc) is 3.33. The Morgan fingerprint density at radius 1 is 0.634 bits per heavy atom. The van der Waals surface area contributed by atoms with Crippen molar-refractivity contribution < 1.29 is 38.4 Å². The van der Waals surface area contributed by atoms with Crippen LogP contribution in [0.5, 0.6) is 29.0 Å². The number of nitrogens with zero attached hydrogens (tertiary/aromatic N) is 7. The van der Waals surface area contributed by atoms with Crippen molar-refractivity contribution >= 4 is 100 Å². The number of para-hydroxylation sites is 2. The molecule has 9 N–H and O–H groups in total. The summed E-state index contributed by atoms with van der Waals surface area (Å²) in [6.07, 6.45) is 4.30. The first-order valence-corrected chi connectivity index (χ1v) is 20.9. The summed E-state index contributed by atoms with van der Waals surface area (Å²) in [4.78, 5) is 59.6. The van der Waals surface area contributed by atoms with Crippen LogP contribution in [0.4, 0.5) is 49.7 Å². The van der Waals surface area contributed by atoms with E-state index < -0.39 is 17.0 Å². The molecule has 7 rings (SSSR count). The quantitative estimate of drug-likeness (QED) is 0.0271. The minimum atomic E-state index is -0.837. The maximum absolute atomic E-state index is 12.3. The second-order valence-electron chi connectivity index (χ2n) is 13.8. The summed E-state index contributed by atoms with van der Waals surface area (Å²) in [6.45, 7) is 3.90. The van der Waals surface area contributed by atoms with Gasteiger partial charge in [0.1, 0.15) is 66.9 Å². The summed E-state index contributed by atoms with van der Waals surface area (Å²) in [7, 11) is 2.77. The molecule has 71 heavy (non-hydrogen) atoms. The predicted octanol–water partition coefficient (Wildman–Crippen LogP) is 10.4. The highest BCUT2D eigenvalue weighted by atomic mass is 35.5. The van der Waals surface area contributed by atoms with Crippen LogP contribution in [0.25, 0.3) is 0 Å². The molecular weight excluding hydrogens is 985 g/mol. The number of carbonyl (C=O) groups excluding carboxylic acids is 2. The van der Waals surface area contributed by atoms with E-state index in [1.807, 2.05) is 62.4 Å². The smallest absolute Gasteiger partial charge is 0.417 e. The molecule has 0 aliphatic rings. The molecule has 0 fully saturated rings. The van der Waals surface area contributed by atoms with Crippen LogP contribution in [-0.4, -0.2) is 63.6 Å². The van der Waals surface area contributed by atoms with E-state index in [1.54, 1.807) is 18.2 Å². The summed E-state index contributed by atoms with van der Waals surface area (Å²) in [6, 6.07) is 29.1. The largest absolute Gasteiger partial charge is 0.438 e. The first kappa shape index (κ1) is 54.6. The number of nitro groups is 1. The van der Waals surface area contributed by atoms with Crippen molar-refractivity contribution in [2.24, 2.45) is 10.3 Å². The molecule has 0 unspecified atom stereocenters. The summed E-state index contributed by atoms with van der Waals surface area (Å²) in [5.74, 6) is 1.41. The Bertz CT molecular complexity index is 2990. The molecule has 3 amide bonds. The maximum atomic E-state index is 12.3. The molecule has 0 aliphatic carbocycles. The number of ether oxygens (including phenoxy) is 3. The van der Waals surface area contributed by atoms with E-state index in [9.17, 15) is 19.7 Å². The number of hydrogen-bond acceptors (Lipinski definition) is 18. The number of benzene rings is 5. The third kappa shape index (κ3) is 16.6. The second kappa shape index (κ2) is 27.1.